The van der Waals surface area contributed by atoms with Gasteiger partial charge in [-0.05, 0) is 57.1 Å². The Bertz CT molecular complexity index is 1110. The van der Waals surface area contributed by atoms with Gasteiger partial charge in [-0.25, -0.2) is 0 Å². The summed E-state index contributed by atoms with van der Waals surface area (Å²) >= 11 is 0. The summed E-state index contributed by atoms with van der Waals surface area (Å²) in [6.07, 6.45) is 3.68. The summed E-state index contributed by atoms with van der Waals surface area (Å²) in [5, 5.41) is 22.6. The molecule has 162 valence electrons. The molecule has 0 radical (unpaired) electrons. The van der Waals surface area contributed by atoms with E-state index in [1.807, 2.05) is 35.7 Å². The standard InChI is InChI=1S/C21H24N6O4/c1-14(21(28)22-17-7-6-16(31-2)13-18(17)27(29)30)25-11-8-15(9-12-25)20-24-23-19-5-3-4-10-26(19)20/h3-7,10,13-15H,8-9,11-12H2,1-2H3,(H,22,28). The number of nitro benzene ring substituents is 1. The molecule has 0 saturated carbocycles. The molecule has 1 N–H and O–H groups in total. The molecule has 10 heteroatoms. The van der Waals surface area contributed by atoms with Crippen molar-refractivity contribution >= 4 is 22.9 Å². The number of pyridine rings is 1. The van der Waals surface area contributed by atoms with Crippen LogP contribution in [0.25, 0.3) is 5.65 Å². The van der Waals surface area contributed by atoms with E-state index in [1.165, 1.54) is 19.2 Å². The number of likely N-dealkylation sites (tertiary alicyclic amines) is 1. The Labute approximate surface area is 179 Å². The van der Waals surface area contributed by atoms with E-state index in [9.17, 15) is 14.9 Å². The zero-order chi connectivity index (χ0) is 22.0. The van der Waals surface area contributed by atoms with Crippen molar-refractivity contribution in [2.75, 3.05) is 25.5 Å². The number of nitrogens with one attached hydrogen (secondary N) is 1. The van der Waals surface area contributed by atoms with Gasteiger partial charge in [0.2, 0.25) is 5.91 Å². The number of ether oxygens (including phenoxy) is 1. The van der Waals surface area contributed by atoms with Crippen LogP contribution in [-0.4, -0.2) is 56.6 Å². The number of hydrogen-bond donors (Lipinski definition) is 1. The Kier molecular flexibility index (Phi) is 5.81. The van der Waals surface area contributed by atoms with Gasteiger partial charge < -0.3 is 10.1 Å². The van der Waals surface area contributed by atoms with Gasteiger partial charge in [-0.15, -0.1) is 10.2 Å². The van der Waals surface area contributed by atoms with Crippen molar-refractivity contribution in [3.63, 3.8) is 0 Å². The van der Waals surface area contributed by atoms with Gasteiger partial charge in [-0.3, -0.25) is 24.2 Å². The average Bonchev–Trinajstić information content (AvgIpc) is 3.23. The Balaban J connectivity index is 1.40. The van der Waals surface area contributed by atoms with Gasteiger partial charge in [0.15, 0.2) is 5.65 Å². The molecule has 1 aromatic carbocycles. The van der Waals surface area contributed by atoms with E-state index >= 15 is 0 Å². The first-order valence-electron chi connectivity index (χ1n) is 10.1. The molecule has 1 fully saturated rings. The van der Waals surface area contributed by atoms with Crippen LogP contribution in [0.4, 0.5) is 11.4 Å². The van der Waals surface area contributed by atoms with Crippen molar-refractivity contribution in [1.29, 1.82) is 0 Å². The van der Waals surface area contributed by atoms with E-state index in [1.54, 1.807) is 6.07 Å². The fraction of sp³-hybridized carbons (Fsp3) is 0.381. The van der Waals surface area contributed by atoms with Crippen molar-refractivity contribution in [1.82, 2.24) is 19.5 Å². The predicted molar refractivity (Wildman–Crippen MR) is 114 cm³/mol. The monoisotopic (exact) mass is 424 g/mol. The average molecular weight is 424 g/mol. The van der Waals surface area contributed by atoms with Gasteiger partial charge in [0.05, 0.1) is 24.1 Å². The second-order valence-electron chi connectivity index (χ2n) is 7.60. The highest BCUT2D eigenvalue weighted by atomic mass is 16.6. The third-order valence-electron chi connectivity index (χ3n) is 5.82. The molecule has 1 saturated heterocycles. The van der Waals surface area contributed by atoms with Gasteiger partial charge in [0, 0.05) is 12.1 Å². The van der Waals surface area contributed by atoms with Crippen molar-refractivity contribution in [2.24, 2.45) is 0 Å². The van der Waals surface area contributed by atoms with E-state index < -0.39 is 11.0 Å². The first kappa shape index (κ1) is 20.7. The smallest absolute Gasteiger partial charge is 0.296 e. The Hall–Kier alpha value is -3.53. The van der Waals surface area contributed by atoms with Crippen molar-refractivity contribution in [2.45, 2.75) is 31.7 Å². The van der Waals surface area contributed by atoms with Gasteiger partial charge in [-0.1, -0.05) is 6.07 Å². The lowest BCUT2D eigenvalue weighted by Crippen LogP contribution is -2.46. The lowest BCUT2D eigenvalue weighted by molar-refractivity contribution is -0.384. The molecule has 3 aromatic rings. The number of benzene rings is 1. The zero-order valence-electron chi connectivity index (χ0n) is 17.4. The number of methoxy groups -OCH3 is 1. The first-order valence-corrected chi connectivity index (χ1v) is 10.1. The van der Waals surface area contributed by atoms with Crippen LogP contribution in [0.5, 0.6) is 5.75 Å². The highest BCUT2D eigenvalue weighted by Gasteiger charge is 2.30. The molecule has 1 aliphatic heterocycles. The molecule has 1 amide bonds. The lowest BCUT2D eigenvalue weighted by Gasteiger charge is -2.34. The number of nitro groups is 1. The van der Waals surface area contributed by atoms with E-state index in [0.29, 0.717) is 5.75 Å². The number of carbonyl (C=O) groups excluding carboxylic acids is 1. The van der Waals surface area contributed by atoms with Crippen LogP contribution in [0.1, 0.15) is 31.5 Å². The highest BCUT2D eigenvalue weighted by Crippen LogP contribution is 2.30. The second-order valence-corrected chi connectivity index (χ2v) is 7.60. The molecule has 10 nitrogen and oxygen atoms in total. The quantitative estimate of drug-likeness (QED) is 0.478. The molecule has 1 aliphatic rings. The summed E-state index contributed by atoms with van der Waals surface area (Å²) in [6, 6.07) is 9.78. The molecular formula is C21H24N6O4. The molecule has 2 aromatic heterocycles. The molecule has 4 rings (SSSR count). The number of anilines is 1. The molecular weight excluding hydrogens is 400 g/mol. The van der Waals surface area contributed by atoms with Crippen LogP contribution < -0.4 is 10.1 Å². The number of rotatable bonds is 6. The summed E-state index contributed by atoms with van der Waals surface area (Å²) in [6.45, 7) is 3.27. The Morgan fingerprint density at radius 3 is 2.74 bits per heavy atom. The molecule has 0 bridgehead atoms. The number of hydrogen-bond acceptors (Lipinski definition) is 7. The number of carbonyl (C=O) groups is 1. The second kappa shape index (κ2) is 8.68. The van der Waals surface area contributed by atoms with Crippen LogP contribution in [0, 0.1) is 10.1 Å². The van der Waals surface area contributed by atoms with Crippen molar-refractivity contribution in [3.8, 4) is 5.75 Å². The number of nitrogens with zero attached hydrogens (tertiary/aromatic N) is 5. The van der Waals surface area contributed by atoms with Crippen molar-refractivity contribution < 1.29 is 14.5 Å². The van der Waals surface area contributed by atoms with Crippen LogP contribution in [0.15, 0.2) is 42.6 Å². The Morgan fingerprint density at radius 2 is 2.03 bits per heavy atom. The number of piperidine rings is 1. The SMILES string of the molecule is COc1ccc(NC(=O)C(C)N2CCC(c3nnc4ccccn34)CC2)c([N+](=O)[O-])c1. The first-order chi connectivity index (χ1) is 15.0. The third-order valence-corrected chi connectivity index (χ3v) is 5.82. The van der Waals surface area contributed by atoms with Crippen molar-refractivity contribution in [3.05, 3.63) is 58.5 Å². The van der Waals surface area contributed by atoms with Crippen LogP contribution in [0.2, 0.25) is 0 Å². The minimum atomic E-state index is -0.531. The maximum atomic E-state index is 12.8. The molecule has 1 atom stereocenters. The number of aromatic nitrogens is 3. The van der Waals surface area contributed by atoms with Gasteiger partial charge in [0.25, 0.3) is 5.69 Å². The molecule has 0 aliphatic carbocycles. The fourth-order valence-electron chi connectivity index (χ4n) is 3.98. The van der Waals surface area contributed by atoms with Gasteiger partial charge in [-0.2, -0.15) is 0 Å². The lowest BCUT2D eigenvalue weighted by atomic mass is 9.95. The van der Waals surface area contributed by atoms with Crippen LogP contribution >= 0.6 is 0 Å². The van der Waals surface area contributed by atoms with E-state index in [0.717, 1.165) is 37.4 Å². The fourth-order valence-corrected chi connectivity index (χ4v) is 3.98. The normalized spacial score (nSPS) is 16.2. The number of fused-ring (bicyclic) bond motifs is 1. The minimum absolute atomic E-state index is 0.160. The summed E-state index contributed by atoms with van der Waals surface area (Å²) in [4.78, 5) is 25.7. The number of amides is 1. The van der Waals surface area contributed by atoms with Crippen LogP contribution in [0.3, 0.4) is 0 Å². The van der Waals surface area contributed by atoms with E-state index in [2.05, 4.69) is 20.4 Å². The molecule has 3 heterocycles. The summed E-state index contributed by atoms with van der Waals surface area (Å²) < 4.78 is 7.05. The molecule has 0 spiro atoms. The minimum Gasteiger partial charge on any atom is -0.496 e. The van der Waals surface area contributed by atoms with Gasteiger partial charge in [0.1, 0.15) is 17.3 Å². The topological polar surface area (TPSA) is 115 Å². The summed E-state index contributed by atoms with van der Waals surface area (Å²) in [5.74, 6) is 1.30. The highest BCUT2D eigenvalue weighted by molar-refractivity contribution is 5.96. The van der Waals surface area contributed by atoms with Crippen LogP contribution in [-0.2, 0) is 4.79 Å². The van der Waals surface area contributed by atoms with E-state index in [4.69, 9.17) is 4.74 Å². The summed E-state index contributed by atoms with van der Waals surface area (Å²) in [7, 11) is 1.44. The molecule has 1 unspecified atom stereocenters. The largest absolute Gasteiger partial charge is 0.496 e. The summed E-state index contributed by atoms with van der Waals surface area (Å²) in [5.41, 5.74) is 0.790. The third kappa shape index (κ3) is 4.19. The van der Waals surface area contributed by atoms with Gasteiger partial charge >= 0.3 is 0 Å². The predicted octanol–water partition coefficient (Wildman–Crippen LogP) is 2.85. The Morgan fingerprint density at radius 1 is 1.26 bits per heavy atom. The van der Waals surface area contributed by atoms with E-state index in [-0.39, 0.29) is 23.2 Å². The molecule has 31 heavy (non-hydrogen) atoms. The maximum absolute atomic E-state index is 12.8. The maximum Gasteiger partial charge on any atom is 0.296 e. The zero-order valence-corrected chi connectivity index (χ0v) is 17.4.